The predicted molar refractivity (Wildman–Crippen MR) is 62.0 cm³/mol. The molecule has 1 aliphatic rings. The number of carbonyl (C=O) groups is 1. The maximum Gasteiger partial charge on any atom is 0.133 e. The summed E-state index contributed by atoms with van der Waals surface area (Å²) in [5.74, 6) is 0.356. The Bertz CT molecular complexity index is 398. The topological polar surface area (TPSA) is 17.1 Å². The predicted octanol–water partition coefficient (Wildman–Crippen LogP) is 3.75. The monoisotopic (exact) mass is 220 g/mol. The summed E-state index contributed by atoms with van der Waals surface area (Å²) in [6.07, 6.45) is 4.36. The number of carbonyl (C=O) groups excluding carboxylic acids is 1. The zero-order valence-corrected chi connectivity index (χ0v) is 9.63. The smallest absolute Gasteiger partial charge is 0.133 e. The van der Waals surface area contributed by atoms with Crippen LogP contribution >= 0.6 is 0 Å². The van der Waals surface area contributed by atoms with Gasteiger partial charge < -0.3 is 0 Å². The number of aryl methyl sites for hydroxylation is 1. The fourth-order valence-corrected chi connectivity index (χ4v) is 2.51. The molecular formula is C14H17FO. The van der Waals surface area contributed by atoms with E-state index in [-0.39, 0.29) is 11.7 Å². The average Bonchev–Trinajstić information content (AvgIpc) is 2.46. The third-order valence-electron chi connectivity index (χ3n) is 3.41. The molecule has 86 valence electrons. The van der Waals surface area contributed by atoms with Crippen LogP contribution in [-0.2, 0) is 4.79 Å². The highest BCUT2D eigenvalue weighted by atomic mass is 19.1. The van der Waals surface area contributed by atoms with E-state index in [2.05, 4.69) is 0 Å². The minimum atomic E-state index is -0.197. The van der Waals surface area contributed by atoms with Crippen LogP contribution in [0.15, 0.2) is 18.2 Å². The summed E-state index contributed by atoms with van der Waals surface area (Å²) < 4.78 is 13.2. The van der Waals surface area contributed by atoms with Crippen molar-refractivity contribution in [1.82, 2.24) is 0 Å². The molecule has 1 saturated carbocycles. The van der Waals surface area contributed by atoms with Crippen molar-refractivity contribution in [2.45, 2.75) is 44.9 Å². The summed E-state index contributed by atoms with van der Waals surface area (Å²) in [6, 6.07) is 4.88. The van der Waals surface area contributed by atoms with Gasteiger partial charge in [-0.05, 0) is 48.9 Å². The first-order chi connectivity index (χ1) is 7.66. The molecule has 0 amide bonds. The van der Waals surface area contributed by atoms with Crippen molar-refractivity contribution in [2.75, 3.05) is 0 Å². The van der Waals surface area contributed by atoms with Gasteiger partial charge >= 0.3 is 0 Å². The first-order valence-electron chi connectivity index (χ1n) is 5.94. The third kappa shape index (κ3) is 2.49. The van der Waals surface area contributed by atoms with Crippen molar-refractivity contribution in [3.05, 3.63) is 35.1 Å². The molecule has 0 spiro atoms. The van der Waals surface area contributed by atoms with Crippen molar-refractivity contribution in [2.24, 2.45) is 0 Å². The molecule has 0 N–H and O–H groups in total. The quantitative estimate of drug-likeness (QED) is 0.659. The van der Waals surface area contributed by atoms with Gasteiger partial charge in [-0.15, -0.1) is 0 Å². The molecule has 1 aromatic carbocycles. The van der Waals surface area contributed by atoms with Crippen LogP contribution in [0.2, 0.25) is 0 Å². The highest BCUT2D eigenvalue weighted by Crippen LogP contribution is 2.32. The maximum absolute atomic E-state index is 13.2. The minimum absolute atomic E-state index is 0.197. The second-order valence-electron chi connectivity index (χ2n) is 4.69. The van der Waals surface area contributed by atoms with E-state index in [0.717, 1.165) is 30.4 Å². The number of rotatable bonds is 1. The molecule has 0 saturated heterocycles. The zero-order chi connectivity index (χ0) is 11.5. The molecule has 1 aliphatic carbocycles. The van der Waals surface area contributed by atoms with E-state index >= 15 is 0 Å². The summed E-state index contributed by atoms with van der Waals surface area (Å²) in [4.78, 5) is 11.6. The third-order valence-corrected chi connectivity index (χ3v) is 3.41. The van der Waals surface area contributed by atoms with Crippen LogP contribution in [0.5, 0.6) is 0 Å². The Hall–Kier alpha value is -1.18. The Morgan fingerprint density at radius 2 is 2.12 bits per heavy atom. The van der Waals surface area contributed by atoms with Gasteiger partial charge in [-0.1, -0.05) is 12.5 Å². The van der Waals surface area contributed by atoms with Crippen LogP contribution in [0.3, 0.4) is 0 Å². The normalized spacial score (nSPS) is 21.9. The number of hydrogen-bond acceptors (Lipinski definition) is 1. The molecule has 1 nitrogen and oxygen atoms in total. The molecule has 1 unspecified atom stereocenters. The van der Waals surface area contributed by atoms with Crippen LogP contribution in [-0.4, -0.2) is 5.78 Å². The van der Waals surface area contributed by atoms with E-state index in [9.17, 15) is 9.18 Å². The van der Waals surface area contributed by atoms with Crippen LogP contribution in [0, 0.1) is 12.7 Å². The molecule has 2 rings (SSSR count). The lowest BCUT2D eigenvalue weighted by molar-refractivity contribution is -0.119. The maximum atomic E-state index is 13.2. The lowest BCUT2D eigenvalue weighted by Gasteiger charge is -2.16. The first kappa shape index (κ1) is 11.3. The summed E-state index contributed by atoms with van der Waals surface area (Å²) in [5.41, 5.74) is 2.12. The lowest BCUT2D eigenvalue weighted by atomic mass is 9.88. The Morgan fingerprint density at radius 1 is 1.31 bits per heavy atom. The van der Waals surface area contributed by atoms with Crippen LogP contribution < -0.4 is 0 Å². The fraction of sp³-hybridized carbons (Fsp3) is 0.500. The molecule has 0 heterocycles. The molecule has 16 heavy (non-hydrogen) atoms. The zero-order valence-electron chi connectivity index (χ0n) is 9.63. The van der Waals surface area contributed by atoms with Crippen LogP contribution in [0.25, 0.3) is 0 Å². The second-order valence-corrected chi connectivity index (χ2v) is 4.69. The first-order valence-corrected chi connectivity index (χ1v) is 5.94. The van der Waals surface area contributed by atoms with Crippen molar-refractivity contribution < 1.29 is 9.18 Å². The highest BCUT2D eigenvalue weighted by Gasteiger charge is 2.20. The van der Waals surface area contributed by atoms with Crippen LogP contribution in [0.1, 0.15) is 49.1 Å². The largest absolute Gasteiger partial charge is 0.300 e. The van der Waals surface area contributed by atoms with E-state index in [1.165, 1.54) is 6.07 Å². The molecule has 1 aromatic rings. The Labute approximate surface area is 95.7 Å². The van der Waals surface area contributed by atoms with E-state index in [0.29, 0.717) is 18.6 Å². The van der Waals surface area contributed by atoms with Crippen molar-refractivity contribution >= 4 is 5.78 Å². The summed E-state index contributed by atoms with van der Waals surface area (Å²) in [7, 11) is 0. The SMILES string of the molecule is Cc1ccc(F)cc1C1CCCCC(=O)C1. The van der Waals surface area contributed by atoms with Gasteiger partial charge in [-0.3, -0.25) is 4.79 Å². The van der Waals surface area contributed by atoms with Crippen LogP contribution in [0.4, 0.5) is 4.39 Å². The Balaban J connectivity index is 2.27. The van der Waals surface area contributed by atoms with E-state index in [4.69, 9.17) is 0 Å². The molecular weight excluding hydrogens is 203 g/mol. The van der Waals surface area contributed by atoms with E-state index in [1.807, 2.05) is 6.92 Å². The number of benzene rings is 1. The highest BCUT2D eigenvalue weighted by molar-refractivity contribution is 5.79. The average molecular weight is 220 g/mol. The summed E-state index contributed by atoms with van der Waals surface area (Å²) >= 11 is 0. The molecule has 2 heteroatoms. The van der Waals surface area contributed by atoms with Gasteiger partial charge in [-0.25, -0.2) is 4.39 Å². The number of Topliss-reactive ketones (excluding diaryl/α,β-unsaturated/α-hetero) is 1. The molecule has 0 bridgehead atoms. The van der Waals surface area contributed by atoms with Crippen molar-refractivity contribution in [1.29, 1.82) is 0 Å². The standard InChI is InChI=1S/C14H17FO/c1-10-6-7-12(15)9-14(10)11-4-2-3-5-13(16)8-11/h6-7,9,11H,2-5,8H2,1H3. The number of ketones is 1. The molecule has 0 radical (unpaired) electrons. The van der Waals surface area contributed by atoms with Gasteiger partial charge in [0, 0.05) is 12.8 Å². The molecule has 1 fully saturated rings. The number of hydrogen-bond donors (Lipinski definition) is 0. The Morgan fingerprint density at radius 3 is 2.94 bits per heavy atom. The molecule has 0 aliphatic heterocycles. The van der Waals surface area contributed by atoms with Crippen molar-refractivity contribution in [3.8, 4) is 0 Å². The second kappa shape index (κ2) is 4.77. The minimum Gasteiger partial charge on any atom is -0.300 e. The van der Waals surface area contributed by atoms with Gasteiger partial charge in [-0.2, -0.15) is 0 Å². The van der Waals surface area contributed by atoms with Gasteiger partial charge in [0.1, 0.15) is 11.6 Å². The van der Waals surface area contributed by atoms with Crippen molar-refractivity contribution in [3.63, 3.8) is 0 Å². The number of halogens is 1. The lowest BCUT2D eigenvalue weighted by Crippen LogP contribution is -2.05. The summed E-state index contributed by atoms with van der Waals surface area (Å²) in [6.45, 7) is 1.99. The summed E-state index contributed by atoms with van der Waals surface area (Å²) in [5, 5.41) is 0. The van der Waals surface area contributed by atoms with Gasteiger partial charge in [0.2, 0.25) is 0 Å². The van der Waals surface area contributed by atoms with Gasteiger partial charge in [0.05, 0.1) is 0 Å². The molecule has 0 aromatic heterocycles. The fourth-order valence-electron chi connectivity index (χ4n) is 2.51. The van der Waals surface area contributed by atoms with E-state index in [1.54, 1.807) is 12.1 Å². The Kier molecular flexibility index (Phi) is 3.37. The molecule has 1 atom stereocenters. The van der Waals surface area contributed by atoms with Gasteiger partial charge in [0.15, 0.2) is 0 Å². The van der Waals surface area contributed by atoms with E-state index < -0.39 is 0 Å². The van der Waals surface area contributed by atoms with Gasteiger partial charge in [0.25, 0.3) is 0 Å².